The van der Waals surface area contributed by atoms with Crippen LogP contribution < -0.4 is 4.90 Å². The zero-order valence-electron chi connectivity index (χ0n) is 11.9. The number of carbonyl (C=O) groups is 1. The Morgan fingerprint density at radius 3 is 3.05 bits per heavy atom. The summed E-state index contributed by atoms with van der Waals surface area (Å²) in [5, 5.41) is 17.7. The van der Waals surface area contributed by atoms with Crippen LogP contribution in [0.1, 0.15) is 19.0 Å². The summed E-state index contributed by atoms with van der Waals surface area (Å²) >= 11 is 0. The Labute approximate surface area is 122 Å². The SMILES string of the molecule is CC(CC#N)N(C)c1nc2ccccn2c1C=CC(=O)O. The molecule has 1 atom stereocenters. The summed E-state index contributed by atoms with van der Waals surface area (Å²) in [6.07, 6.45) is 4.80. The predicted octanol–water partition coefficient (Wildman–Crippen LogP) is 2.17. The Morgan fingerprint density at radius 1 is 1.62 bits per heavy atom. The number of nitriles is 1. The van der Waals surface area contributed by atoms with Crippen LogP contribution in [-0.4, -0.2) is 33.6 Å². The smallest absolute Gasteiger partial charge is 0.328 e. The molecule has 2 rings (SSSR count). The van der Waals surface area contributed by atoms with E-state index in [0.717, 1.165) is 11.7 Å². The van der Waals surface area contributed by atoms with Crippen molar-refractivity contribution in [2.24, 2.45) is 0 Å². The van der Waals surface area contributed by atoms with E-state index in [0.29, 0.717) is 17.9 Å². The zero-order valence-corrected chi connectivity index (χ0v) is 11.9. The van der Waals surface area contributed by atoms with Crippen molar-refractivity contribution in [3.05, 3.63) is 36.2 Å². The number of imidazole rings is 1. The van der Waals surface area contributed by atoms with Gasteiger partial charge in [-0.05, 0) is 25.1 Å². The van der Waals surface area contributed by atoms with E-state index in [1.807, 2.05) is 47.7 Å². The van der Waals surface area contributed by atoms with Gasteiger partial charge in [-0.3, -0.25) is 4.40 Å². The molecule has 108 valence electrons. The van der Waals surface area contributed by atoms with Gasteiger partial charge in [0.1, 0.15) is 5.65 Å². The van der Waals surface area contributed by atoms with Crippen LogP contribution in [0.25, 0.3) is 11.7 Å². The number of aromatic nitrogens is 2. The molecule has 0 saturated carbocycles. The molecule has 0 aromatic carbocycles. The predicted molar refractivity (Wildman–Crippen MR) is 80.0 cm³/mol. The van der Waals surface area contributed by atoms with E-state index in [1.54, 1.807) is 0 Å². The lowest BCUT2D eigenvalue weighted by molar-refractivity contribution is -0.131. The van der Waals surface area contributed by atoms with Crippen molar-refractivity contribution < 1.29 is 9.90 Å². The second kappa shape index (κ2) is 6.09. The molecule has 0 aliphatic rings. The third-order valence-corrected chi connectivity index (χ3v) is 3.31. The lowest BCUT2D eigenvalue weighted by Crippen LogP contribution is -2.29. The third-order valence-electron chi connectivity index (χ3n) is 3.31. The second-order valence-electron chi connectivity index (χ2n) is 4.74. The summed E-state index contributed by atoms with van der Waals surface area (Å²) in [7, 11) is 1.85. The monoisotopic (exact) mass is 284 g/mol. The molecule has 0 radical (unpaired) electrons. The van der Waals surface area contributed by atoms with Crippen LogP contribution in [0.3, 0.4) is 0 Å². The number of carboxylic acids is 1. The molecule has 0 fully saturated rings. The lowest BCUT2D eigenvalue weighted by atomic mass is 10.2. The summed E-state index contributed by atoms with van der Waals surface area (Å²) in [6, 6.07) is 7.70. The van der Waals surface area contributed by atoms with Crippen LogP contribution in [0.15, 0.2) is 30.5 Å². The number of carboxylic acid groups (broad SMARTS) is 1. The maximum atomic E-state index is 10.8. The summed E-state index contributed by atoms with van der Waals surface area (Å²) in [5.41, 5.74) is 1.41. The third kappa shape index (κ3) is 3.03. The van der Waals surface area contributed by atoms with Crippen molar-refractivity contribution in [1.29, 1.82) is 5.26 Å². The quantitative estimate of drug-likeness (QED) is 0.851. The van der Waals surface area contributed by atoms with Crippen molar-refractivity contribution >= 4 is 23.5 Å². The van der Waals surface area contributed by atoms with Gasteiger partial charge in [-0.2, -0.15) is 5.26 Å². The van der Waals surface area contributed by atoms with Crippen molar-refractivity contribution in [2.75, 3.05) is 11.9 Å². The average Bonchev–Trinajstić information content (AvgIpc) is 2.83. The first-order valence-corrected chi connectivity index (χ1v) is 6.52. The minimum atomic E-state index is -1.01. The first kappa shape index (κ1) is 14.6. The topological polar surface area (TPSA) is 81.6 Å². The molecule has 0 aliphatic carbocycles. The summed E-state index contributed by atoms with van der Waals surface area (Å²) in [5.74, 6) is -0.360. The van der Waals surface area contributed by atoms with Crippen molar-refractivity contribution in [1.82, 2.24) is 9.38 Å². The second-order valence-corrected chi connectivity index (χ2v) is 4.74. The molecule has 0 bridgehead atoms. The van der Waals surface area contributed by atoms with E-state index in [2.05, 4.69) is 11.1 Å². The molecule has 1 unspecified atom stereocenters. The maximum Gasteiger partial charge on any atom is 0.328 e. The van der Waals surface area contributed by atoms with E-state index in [1.165, 1.54) is 6.08 Å². The Bertz CT molecular complexity index is 727. The van der Waals surface area contributed by atoms with Crippen molar-refractivity contribution in [3.8, 4) is 6.07 Å². The fraction of sp³-hybridized carbons (Fsp3) is 0.267. The average molecular weight is 284 g/mol. The van der Waals surface area contributed by atoms with E-state index in [-0.39, 0.29) is 6.04 Å². The summed E-state index contributed by atoms with van der Waals surface area (Å²) in [4.78, 5) is 17.2. The first-order chi connectivity index (χ1) is 10.0. The van der Waals surface area contributed by atoms with Crippen molar-refractivity contribution in [3.63, 3.8) is 0 Å². The lowest BCUT2D eigenvalue weighted by Gasteiger charge is -2.23. The number of fused-ring (bicyclic) bond motifs is 1. The van der Waals surface area contributed by atoms with Gasteiger partial charge in [0.15, 0.2) is 5.82 Å². The molecule has 0 amide bonds. The fourth-order valence-electron chi connectivity index (χ4n) is 2.04. The van der Waals surface area contributed by atoms with Crippen LogP contribution >= 0.6 is 0 Å². The summed E-state index contributed by atoms with van der Waals surface area (Å²) in [6.45, 7) is 1.93. The van der Waals surface area contributed by atoms with Crippen LogP contribution in [0.4, 0.5) is 5.82 Å². The first-order valence-electron chi connectivity index (χ1n) is 6.52. The standard InChI is InChI=1S/C15H16N4O2/c1-11(8-9-16)18(2)15-12(6-7-14(20)21)19-10-4-3-5-13(19)17-15/h3-7,10-11H,8H2,1-2H3,(H,20,21). The van der Waals surface area contributed by atoms with Crippen LogP contribution in [0, 0.1) is 11.3 Å². The largest absolute Gasteiger partial charge is 0.478 e. The molecule has 1 N–H and O–H groups in total. The van der Waals surface area contributed by atoms with Gasteiger partial charge in [-0.15, -0.1) is 0 Å². The molecular formula is C15H16N4O2. The summed E-state index contributed by atoms with van der Waals surface area (Å²) < 4.78 is 1.82. The number of aliphatic carboxylic acids is 1. The van der Waals surface area contributed by atoms with Crippen LogP contribution in [0.2, 0.25) is 0 Å². The van der Waals surface area contributed by atoms with Gasteiger partial charge >= 0.3 is 5.97 Å². The molecule has 21 heavy (non-hydrogen) atoms. The van der Waals surface area contributed by atoms with Crippen LogP contribution in [-0.2, 0) is 4.79 Å². The van der Waals surface area contributed by atoms with Crippen LogP contribution in [0.5, 0.6) is 0 Å². The minimum Gasteiger partial charge on any atom is -0.478 e. The maximum absolute atomic E-state index is 10.8. The number of anilines is 1. The highest BCUT2D eigenvalue weighted by atomic mass is 16.4. The minimum absolute atomic E-state index is 0.0168. The van der Waals surface area contributed by atoms with Gasteiger partial charge in [-0.25, -0.2) is 9.78 Å². The number of hydrogen-bond donors (Lipinski definition) is 1. The highest BCUT2D eigenvalue weighted by molar-refractivity contribution is 5.86. The Balaban J connectivity index is 2.54. The highest BCUT2D eigenvalue weighted by Gasteiger charge is 2.18. The zero-order chi connectivity index (χ0) is 15.4. The number of nitrogens with zero attached hydrogens (tertiary/aromatic N) is 4. The fourth-order valence-corrected chi connectivity index (χ4v) is 2.04. The normalized spacial score (nSPS) is 12.4. The highest BCUT2D eigenvalue weighted by Crippen LogP contribution is 2.24. The van der Waals surface area contributed by atoms with Gasteiger partial charge in [-0.1, -0.05) is 6.07 Å². The van der Waals surface area contributed by atoms with Gasteiger partial charge in [0.05, 0.1) is 18.2 Å². The van der Waals surface area contributed by atoms with E-state index in [4.69, 9.17) is 10.4 Å². The number of rotatable bonds is 5. The Morgan fingerprint density at radius 2 is 2.38 bits per heavy atom. The molecule has 0 saturated heterocycles. The molecule has 6 heteroatoms. The van der Waals surface area contributed by atoms with Gasteiger partial charge < -0.3 is 10.0 Å². The molecule has 6 nitrogen and oxygen atoms in total. The molecule has 2 heterocycles. The van der Waals surface area contributed by atoms with E-state index >= 15 is 0 Å². The Kier molecular flexibility index (Phi) is 4.24. The van der Waals surface area contributed by atoms with Gasteiger partial charge in [0.2, 0.25) is 0 Å². The molecule has 2 aromatic heterocycles. The van der Waals surface area contributed by atoms with Gasteiger partial charge in [0, 0.05) is 25.4 Å². The van der Waals surface area contributed by atoms with E-state index < -0.39 is 5.97 Å². The number of pyridine rings is 1. The molecule has 2 aromatic rings. The molecule has 0 aliphatic heterocycles. The molecule has 0 spiro atoms. The van der Waals surface area contributed by atoms with Gasteiger partial charge in [0.25, 0.3) is 0 Å². The molecular weight excluding hydrogens is 268 g/mol. The van der Waals surface area contributed by atoms with Crippen molar-refractivity contribution in [2.45, 2.75) is 19.4 Å². The van der Waals surface area contributed by atoms with E-state index in [9.17, 15) is 4.79 Å². The number of hydrogen-bond acceptors (Lipinski definition) is 4. The Hall–Kier alpha value is -2.81.